The van der Waals surface area contributed by atoms with E-state index in [1.54, 1.807) is 15.6 Å². The first-order valence-electron chi connectivity index (χ1n) is 9.72. The van der Waals surface area contributed by atoms with Crippen molar-refractivity contribution in [2.45, 2.75) is 31.6 Å². The van der Waals surface area contributed by atoms with Crippen molar-refractivity contribution in [2.24, 2.45) is 0 Å². The number of rotatable bonds is 5. The molecule has 8 heteroatoms. The van der Waals surface area contributed by atoms with E-state index in [1.807, 2.05) is 31.2 Å². The number of hydrogen-bond acceptors (Lipinski definition) is 6. The van der Waals surface area contributed by atoms with E-state index in [1.165, 1.54) is 11.3 Å². The molecular formula is C21H25N3O2S3. The number of thiazole rings is 1. The molecule has 0 aliphatic carbocycles. The topological polar surface area (TPSA) is 53.5 Å². The van der Waals surface area contributed by atoms with Gasteiger partial charge < -0.3 is 4.90 Å². The van der Waals surface area contributed by atoms with Gasteiger partial charge in [0.1, 0.15) is 5.01 Å². The van der Waals surface area contributed by atoms with E-state index < -0.39 is 10.0 Å². The zero-order chi connectivity index (χ0) is 20.6. The van der Waals surface area contributed by atoms with Crippen LogP contribution < -0.4 is 4.90 Å². The fourth-order valence-corrected chi connectivity index (χ4v) is 7.48. The Bertz CT molecular complexity index is 1080. The summed E-state index contributed by atoms with van der Waals surface area (Å²) in [6.45, 7) is 8.51. The molecule has 2 aromatic heterocycles. The van der Waals surface area contributed by atoms with Gasteiger partial charge in [-0.2, -0.15) is 4.31 Å². The molecule has 1 aliphatic heterocycles. The normalized spacial score (nSPS) is 15.9. The van der Waals surface area contributed by atoms with Crippen LogP contribution in [0.5, 0.6) is 0 Å². The molecule has 1 aliphatic rings. The number of thiophene rings is 1. The average molecular weight is 448 g/mol. The van der Waals surface area contributed by atoms with E-state index in [4.69, 9.17) is 0 Å². The van der Waals surface area contributed by atoms with Gasteiger partial charge in [0.2, 0.25) is 10.0 Å². The molecule has 29 heavy (non-hydrogen) atoms. The Balaban J connectivity index is 1.53. The lowest BCUT2D eigenvalue weighted by Crippen LogP contribution is -2.48. The molecule has 0 amide bonds. The summed E-state index contributed by atoms with van der Waals surface area (Å²) < 4.78 is 28.2. The molecule has 3 heterocycles. The Kier molecular flexibility index (Phi) is 5.79. The van der Waals surface area contributed by atoms with Gasteiger partial charge in [-0.1, -0.05) is 32.0 Å². The second-order valence-electron chi connectivity index (χ2n) is 7.49. The lowest BCUT2D eigenvalue weighted by Gasteiger charge is -2.35. The Morgan fingerprint density at radius 1 is 1.07 bits per heavy atom. The molecule has 0 bridgehead atoms. The van der Waals surface area contributed by atoms with Crippen molar-refractivity contribution in [1.82, 2.24) is 9.29 Å². The second kappa shape index (κ2) is 8.18. The van der Waals surface area contributed by atoms with Gasteiger partial charge in [0, 0.05) is 42.1 Å². The Morgan fingerprint density at radius 2 is 1.76 bits per heavy atom. The maximum Gasteiger partial charge on any atom is 0.244 e. The average Bonchev–Trinajstić information content (AvgIpc) is 3.36. The fourth-order valence-electron chi connectivity index (χ4n) is 3.46. The lowest BCUT2D eigenvalue weighted by molar-refractivity contribution is 0.385. The largest absolute Gasteiger partial charge is 0.369 e. The van der Waals surface area contributed by atoms with Crippen LogP contribution in [0.15, 0.2) is 46.7 Å². The predicted molar refractivity (Wildman–Crippen MR) is 122 cm³/mol. The number of anilines is 1. The highest BCUT2D eigenvalue weighted by Crippen LogP contribution is 2.37. The summed E-state index contributed by atoms with van der Waals surface area (Å²) in [5.41, 5.74) is 2.20. The zero-order valence-corrected chi connectivity index (χ0v) is 19.3. The monoisotopic (exact) mass is 447 g/mol. The van der Waals surface area contributed by atoms with Crippen LogP contribution in [0.3, 0.4) is 0 Å². The molecular weight excluding hydrogens is 422 g/mol. The standard InChI is InChI=1S/C21H25N3O2S3/c1-15(2)18-14-27-21(22-18)19-13-20(16(3)28-19)29(25,26)24-11-9-23(10-12-24)17-7-5-4-6-8-17/h4-8,13-15H,9-12H2,1-3H3. The number of benzene rings is 1. The molecule has 154 valence electrons. The minimum Gasteiger partial charge on any atom is -0.369 e. The molecule has 0 N–H and O–H groups in total. The van der Waals surface area contributed by atoms with Crippen LogP contribution in [0, 0.1) is 6.92 Å². The molecule has 4 rings (SSSR count). The maximum atomic E-state index is 13.3. The van der Waals surface area contributed by atoms with E-state index in [2.05, 4.69) is 41.2 Å². The Morgan fingerprint density at radius 3 is 2.38 bits per heavy atom. The summed E-state index contributed by atoms with van der Waals surface area (Å²) in [4.78, 5) is 9.10. The number of hydrogen-bond donors (Lipinski definition) is 0. The van der Waals surface area contributed by atoms with Crippen molar-refractivity contribution in [1.29, 1.82) is 0 Å². The Hall–Kier alpha value is -1.74. The van der Waals surface area contributed by atoms with Gasteiger partial charge in [0.05, 0.1) is 15.5 Å². The smallest absolute Gasteiger partial charge is 0.244 e. The van der Waals surface area contributed by atoms with E-state index in [0.717, 1.165) is 26.1 Å². The van der Waals surface area contributed by atoms with Crippen molar-refractivity contribution < 1.29 is 8.42 Å². The van der Waals surface area contributed by atoms with Crippen LogP contribution in [-0.2, 0) is 10.0 Å². The first-order chi connectivity index (χ1) is 13.9. The summed E-state index contributed by atoms with van der Waals surface area (Å²) in [6, 6.07) is 12.0. The fraction of sp³-hybridized carbons (Fsp3) is 0.381. The lowest BCUT2D eigenvalue weighted by atomic mass is 10.2. The third-order valence-corrected chi connectivity index (χ3v) is 9.41. The van der Waals surface area contributed by atoms with Crippen molar-refractivity contribution in [3.8, 4) is 9.88 Å². The van der Waals surface area contributed by atoms with E-state index in [9.17, 15) is 8.42 Å². The van der Waals surface area contributed by atoms with Gasteiger partial charge in [0.25, 0.3) is 0 Å². The van der Waals surface area contributed by atoms with Gasteiger partial charge in [-0.25, -0.2) is 13.4 Å². The van der Waals surface area contributed by atoms with Gasteiger partial charge in [-0.05, 0) is 31.0 Å². The van der Waals surface area contributed by atoms with Gasteiger partial charge in [0.15, 0.2) is 0 Å². The molecule has 1 aromatic carbocycles. The first kappa shape index (κ1) is 20.5. The summed E-state index contributed by atoms with van der Waals surface area (Å²) in [6.07, 6.45) is 0. The molecule has 0 unspecified atom stereocenters. The molecule has 5 nitrogen and oxygen atoms in total. The van der Waals surface area contributed by atoms with Crippen molar-refractivity contribution >= 4 is 38.4 Å². The summed E-state index contributed by atoms with van der Waals surface area (Å²) in [7, 11) is -3.50. The van der Waals surface area contributed by atoms with Crippen LogP contribution in [0.4, 0.5) is 5.69 Å². The molecule has 1 saturated heterocycles. The highest BCUT2D eigenvalue weighted by Gasteiger charge is 2.31. The summed E-state index contributed by atoms with van der Waals surface area (Å²) in [5, 5.41) is 2.96. The molecule has 0 radical (unpaired) electrons. The highest BCUT2D eigenvalue weighted by atomic mass is 32.2. The summed E-state index contributed by atoms with van der Waals surface area (Å²) >= 11 is 3.09. The SMILES string of the molecule is Cc1sc(-c2nc(C(C)C)cs2)cc1S(=O)(=O)N1CCN(c2ccccc2)CC1. The van der Waals surface area contributed by atoms with Crippen molar-refractivity contribution in [2.75, 3.05) is 31.1 Å². The van der Waals surface area contributed by atoms with E-state index in [0.29, 0.717) is 37.0 Å². The second-order valence-corrected chi connectivity index (χ2v) is 11.5. The molecule has 0 atom stereocenters. The third-order valence-electron chi connectivity index (χ3n) is 5.17. The minimum atomic E-state index is -3.50. The maximum absolute atomic E-state index is 13.3. The van der Waals surface area contributed by atoms with Crippen LogP contribution >= 0.6 is 22.7 Å². The first-order valence-corrected chi connectivity index (χ1v) is 12.9. The Labute approximate surface area is 180 Å². The number of para-hydroxylation sites is 1. The van der Waals surface area contributed by atoms with Gasteiger partial charge in [-0.3, -0.25) is 0 Å². The molecule has 0 spiro atoms. The minimum absolute atomic E-state index is 0.366. The van der Waals surface area contributed by atoms with Gasteiger partial charge in [-0.15, -0.1) is 22.7 Å². The zero-order valence-electron chi connectivity index (χ0n) is 16.8. The van der Waals surface area contributed by atoms with Crippen LogP contribution in [-0.4, -0.2) is 43.9 Å². The third kappa shape index (κ3) is 4.12. The molecule has 3 aromatic rings. The number of aryl methyl sites for hydroxylation is 1. The molecule has 1 fully saturated rings. The number of nitrogens with zero attached hydrogens (tertiary/aromatic N) is 3. The van der Waals surface area contributed by atoms with E-state index in [-0.39, 0.29) is 0 Å². The van der Waals surface area contributed by atoms with E-state index >= 15 is 0 Å². The number of sulfonamides is 1. The van der Waals surface area contributed by atoms with Crippen molar-refractivity contribution in [3.05, 3.63) is 52.3 Å². The van der Waals surface area contributed by atoms with Crippen LogP contribution in [0.1, 0.15) is 30.3 Å². The quantitative estimate of drug-likeness (QED) is 0.563. The summed E-state index contributed by atoms with van der Waals surface area (Å²) in [5.74, 6) is 0.366. The van der Waals surface area contributed by atoms with Crippen LogP contribution in [0.2, 0.25) is 0 Å². The van der Waals surface area contributed by atoms with Gasteiger partial charge >= 0.3 is 0 Å². The highest BCUT2D eigenvalue weighted by molar-refractivity contribution is 7.89. The van der Waals surface area contributed by atoms with Crippen molar-refractivity contribution in [3.63, 3.8) is 0 Å². The number of piperazine rings is 1. The predicted octanol–water partition coefficient (Wildman–Crippen LogP) is 4.81. The molecule has 0 saturated carbocycles. The number of aromatic nitrogens is 1. The van der Waals surface area contributed by atoms with Crippen LogP contribution in [0.25, 0.3) is 9.88 Å².